The molecule has 8 aromatic rings. The first-order chi connectivity index (χ1) is 48.9. The van der Waals surface area contributed by atoms with E-state index < -0.39 is 35.4 Å². The van der Waals surface area contributed by atoms with Crippen LogP contribution in [0.1, 0.15) is 91.1 Å². The number of unbranched alkanes of at least 4 members (excludes halogenated alkanes) is 1. The molecule has 2 amide bonds. The largest absolute Gasteiger partial charge is 0.494 e. The van der Waals surface area contributed by atoms with E-state index in [-0.39, 0.29) is 18.9 Å². The summed E-state index contributed by atoms with van der Waals surface area (Å²) in [6, 6.07) is 55.8. The van der Waals surface area contributed by atoms with Gasteiger partial charge in [0, 0.05) is 47.1 Å². The first-order valence-electron chi connectivity index (χ1n) is 34.4. The molecule has 0 spiro atoms. The van der Waals surface area contributed by atoms with Crippen LogP contribution < -0.4 is 15.4 Å². The molecule has 1 aliphatic rings. The van der Waals surface area contributed by atoms with Crippen molar-refractivity contribution in [3.05, 3.63) is 232 Å². The smallest absolute Gasteiger partial charge is 0.407 e. The van der Waals surface area contributed by atoms with Crippen molar-refractivity contribution in [2.24, 2.45) is 0 Å². The van der Waals surface area contributed by atoms with Gasteiger partial charge < -0.3 is 67.5 Å². The number of aromatic nitrogens is 3. The fraction of sp³-hybridized carbons (Fsp3) is 0.405. The Morgan fingerprint density at radius 1 is 0.550 bits per heavy atom. The van der Waals surface area contributed by atoms with Gasteiger partial charge in [0.05, 0.1) is 119 Å². The molecule has 0 radical (unpaired) electrons. The molecule has 1 heterocycles. The lowest BCUT2D eigenvalue weighted by atomic mass is 9.80. The summed E-state index contributed by atoms with van der Waals surface area (Å²) in [6.45, 7) is 16.2. The predicted octanol–water partition coefficient (Wildman–Crippen LogP) is 13.2. The van der Waals surface area contributed by atoms with Gasteiger partial charge in [0.15, 0.2) is 5.60 Å². The molecule has 7 aromatic carbocycles. The number of benzene rings is 7. The minimum Gasteiger partial charge on any atom is -0.494 e. The Kier molecular flexibility index (Phi) is 30.8. The average molecular weight is 1390 g/mol. The molecule has 9 rings (SSSR count). The van der Waals surface area contributed by atoms with Gasteiger partial charge in [0.25, 0.3) is 0 Å². The molecule has 1 atom stereocenters. The molecule has 21 heteroatoms. The number of halogens is 1. The van der Waals surface area contributed by atoms with Gasteiger partial charge >= 0.3 is 18.2 Å². The lowest BCUT2D eigenvalue weighted by molar-refractivity contribution is -0.156. The monoisotopic (exact) mass is 1390 g/mol. The number of nitrogens with zero attached hydrogens (tertiary/aromatic N) is 3. The van der Waals surface area contributed by atoms with E-state index in [2.05, 4.69) is 64.3 Å². The molecule has 0 saturated heterocycles. The van der Waals surface area contributed by atoms with E-state index in [1.54, 1.807) is 6.07 Å². The van der Waals surface area contributed by atoms with E-state index in [0.29, 0.717) is 147 Å². The first kappa shape index (κ1) is 75.7. The topological polar surface area (TPSA) is 217 Å². The van der Waals surface area contributed by atoms with E-state index in [1.807, 2.05) is 165 Å². The summed E-state index contributed by atoms with van der Waals surface area (Å²) in [7, 11) is 0. The molecule has 0 fully saturated rings. The fourth-order valence-corrected chi connectivity index (χ4v) is 11.8. The summed E-state index contributed by atoms with van der Waals surface area (Å²) in [4.78, 5) is 41.1. The van der Waals surface area contributed by atoms with Gasteiger partial charge in [-0.1, -0.05) is 181 Å². The zero-order valence-electron chi connectivity index (χ0n) is 57.8. The number of fused-ring (bicyclic) bond motifs is 3. The normalized spacial score (nSPS) is 12.4. The number of hydrogen-bond acceptors (Lipinski definition) is 17. The van der Waals surface area contributed by atoms with Crippen LogP contribution in [0, 0.1) is 0 Å². The third kappa shape index (κ3) is 23.5. The van der Waals surface area contributed by atoms with Gasteiger partial charge in [-0.25, -0.2) is 14.4 Å². The van der Waals surface area contributed by atoms with Crippen molar-refractivity contribution in [2.45, 2.75) is 89.7 Å². The number of esters is 1. The van der Waals surface area contributed by atoms with Gasteiger partial charge in [-0.15, -0.1) is 5.10 Å². The third-order valence-corrected chi connectivity index (χ3v) is 16.7. The van der Waals surface area contributed by atoms with Gasteiger partial charge in [-0.3, -0.25) is 4.68 Å². The second-order valence-electron chi connectivity index (χ2n) is 24.7. The number of rotatable bonds is 44. The Morgan fingerprint density at radius 3 is 1.64 bits per heavy atom. The van der Waals surface area contributed by atoms with E-state index in [9.17, 15) is 9.59 Å². The van der Waals surface area contributed by atoms with Crippen molar-refractivity contribution in [1.29, 1.82) is 0 Å². The summed E-state index contributed by atoms with van der Waals surface area (Å²) in [5.41, 5.74) is 8.99. The number of carbonyl (C=O) groups excluding carboxylic acids is 3. The highest BCUT2D eigenvalue weighted by Crippen LogP contribution is 2.46. The van der Waals surface area contributed by atoms with E-state index in [1.165, 1.54) is 0 Å². The van der Waals surface area contributed by atoms with Gasteiger partial charge in [-0.05, 0) is 103 Å². The molecule has 0 bridgehead atoms. The number of alkyl carbamates (subject to hydrolysis) is 2. The lowest BCUT2D eigenvalue weighted by Crippen LogP contribution is -2.47. The molecular weight excluding hydrogens is 1290 g/mol. The predicted molar refractivity (Wildman–Crippen MR) is 382 cm³/mol. The molecule has 1 aliphatic carbocycles. The Bertz CT molecular complexity index is 3660. The van der Waals surface area contributed by atoms with Crippen molar-refractivity contribution in [3.8, 4) is 28.0 Å². The molecule has 0 saturated carbocycles. The fourth-order valence-electron chi connectivity index (χ4n) is 11.6. The van der Waals surface area contributed by atoms with Crippen molar-refractivity contribution >= 4 is 29.8 Å². The zero-order chi connectivity index (χ0) is 70.0. The number of carbonyl (C=O) groups is 3. The lowest BCUT2D eigenvalue weighted by Gasteiger charge is -2.37. The van der Waals surface area contributed by atoms with Crippen LogP contribution in [0.25, 0.3) is 22.3 Å². The van der Waals surface area contributed by atoms with Crippen LogP contribution in [-0.2, 0) is 88.5 Å². The van der Waals surface area contributed by atoms with E-state index in [0.717, 1.165) is 75.2 Å². The Hall–Kier alpha value is -8.54. The molecule has 2 N–H and O–H groups in total. The van der Waals surface area contributed by atoms with Gasteiger partial charge in [0.1, 0.15) is 29.7 Å². The quantitative estimate of drug-likeness (QED) is 0.0157. The standard InChI is InChI=1S/C79H94ClN5O15/c1-5-60-55-65(97-38-19-18-37-85-56-64(83-84-85)57-96-53-52-95-51-50-94-49-48-93-47-46-92-45-44-91-43-42-90-41-40-89-39-36-81-76(87)100-78(2,3)4)34-35-66(60)61-32-30-59(31-33-61)54-74(82-77(88)98-58-71-69-26-14-12-24-67(69)68-25-13-15-27-70(68)71)75(86)99-79(62-20-8-6-9-21-62,63-22-10-7-11-23-63)72-28-16-17-29-73(72)80/h6-17,20-35,55-56,71,74H,5,18-19,36-54,57-58H2,1-4H3,(H,81,87)(H,82,88)/t74-/m0/s1. The molecule has 20 nitrogen and oxygen atoms in total. The zero-order valence-corrected chi connectivity index (χ0v) is 58.5. The average Bonchev–Trinajstić information content (AvgIpc) is 0.824. The number of amides is 2. The summed E-state index contributed by atoms with van der Waals surface area (Å²) < 4.78 is 70.8. The van der Waals surface area contributed by atoms with Crippen molar-refractivity contribution in [2.75, 3.05) is 119 Å². The number of hydrogen-bond donors (Lipinski definition) is 2. The highest BCUT2D eigenvalue weighted by Gasteiger charge is 2.44. The van der Waals surface area contributed by atoms with Crippen LogP contribution in [0.5, 0.6) is 5.75 Å². The SMILES string of the molecule is CCc1cc(OCCCCn2cc(COCCOCCOCCOCCOCCOCCOCCOCCNC(=O)OC(C)(C)C)nn2)ccc1-c1ccc(C[C@H](NC(=O)OCC2c3ccccc3-c3ccccc32)C(=O)OC(c2ccccc2)(c2ccccc2)c2ccccc2Cl)cc1. The molecular formula is C79H94ClN5O15. The van der Waals surface area contributed by atoms with Crippen LogP contribution in [0.4, 0.5) is 9.59 Å². The highest BCUT2D eigenvalue weighted by atomic mass is 35.5. The molecule has 0 unspecified atom stereocenters. The summed E-state index contributed by atoms with van der Waals surface area (Å²) in [5, 5.41) is 14.6. The van der Waals surface area contributed by atoms with Crippen LogP contribution >= 0.6 is 11.6 Å². The summed E-state index contributed by atoms with van der Waals surface area (Å²) in [6.07, 6.45) is 3.23. The first-order valence-corrected chi connectivity index (χ1v) is 34.8. The minimum absolute atomic E-state index is 0.0663. The number of nitrogens with one attached hydrogen (secondary N) is 2. The van der Waals surface area contributed by atoms with Crippen molar-refractivity contribution in [1.82, 2.24) is 25.6 Å². The maximum Gasteiger partial charge on any atom is 0.407 e. The van der Waals surface area contributed by atoms with E-state index in [4.69, 9.17) is 68.4 Å². The second-order valence-corrected chi connectivity index (χ2v) is 25.1. The van der Waals surface area contributed by atoms with Gasteiger partial charge in [0.2, 0.25) is 0 Å². The number of ether oxygens (including phenoxy) is 12. The molecule has 0 aliphatic heterocycles. The highest BCUT2D eigenvalue weighted by molar-refractivity contribution is 6.31. The van der Waals surface area contributed by atoms with Crippen molar-refractivity contribution < 1.29 is 71.2 Å². The third-order valence-electron chi connectivity index (χ3n) is 16.4. The van der Waals surface area contributed by atoms with E-state index >= 15 is 4.79 Å². The Labute approximate surface area is 592 Å². The van der Waals surface area contributed by atoms with Crippen LogP contribution in [-0.4, -0.2) is 164 Å². The molecule has 1 aromatic heterocycles. The molecule has 100 heavy (non-hydrogen) atoms. The summed E-state index contributed by atoms with van der Waals surface area (Å²) >= 11 is 7.06. The van der Waals surface area contributed by atoms with Crippen LogP contribution in [0.3, 0.4) is 0 Å². The Balaban J connectivity index is 0.659. The van der Waals surface area contributed by atoms with Gasteiger partial charge in [-0.2, -0.15) is 0 Å². The second kappa shape index (κ2) is 40.6. The number of aryl methyl sites for hydroxylation is 2. The maximum atomic E-state index is 15.3. The summed E-state index contributed by atoms with van der Waals surface area (Å²) in [5.74, 6) is -0.0687. The minimum atomic E-state index is -1.51. The van der Waals surface area contributed by atoms with Crippen LogP contribution in [0.2, 0.25) is 5.02 Å². The van der Waals surface area contributed by atoms with Crippen molar-refractivity contribution in [3.63, 3.8) is 0 Å². The Morgan fingerprint density at radius 2 is 1.08 bits per heavy atom. The van der Waals surface area contributed by atoms with Crippen LogP contribution in [0.15, 0.2) is 182 Å². The molecule has 532 valence electrons. The maximum absolute atomic E-state index is 15.3.